The number of benzene rings is 1. The lowest BCUT2D eigenvalue weighted by atomic mass is 10.1. The number of aliphatic hydroxyl groups is 1. The number of hydrogen-bond acceptors (Lipinski definition) is 2. The summed E-state index contributed by atoms with van der Waals surface area (Å²) in [5.41, 5.74) is 3.65. The number of rotatable bonds is 1. The molecule has 1 aromatic carbocycles. The molecule has 2 nitrogen and oxygen atoms in total. The molecule has 0 aliphatic carbocycles. The van der Waals surface area contributed by atoms with Crippen LogP contribution >= 0.6 is 11.6 Å². The highest BCUT2D eigenvalue weighted by atomic mass is 35.5. The summed E-state index contributed by atoms with van der Waals surface area (Å²) in [5, 5.41) is 10.9. The summed E-state index contributed by atoms with van der Waals surface area (Å²) in [5.74, 6) is 0. The van der Waals surface area contributed by atoms with Crippen molar-refractivity contribution in [3.8, 4) is 0 Å². The van der Waals surface area contributed by atoms with Crippen molar-refractivity contribution in [2.24, 2.45) is 0 Å². The number of aliphatic hydroxyl groups excluding tert-OH is 1. The Kier molecular flexibility index (Phi) is 2.63. The smallest absolute Gasteiger partial charge is 0.0752 e. The van der Waals surface area contributed by atoms with Gasteiger partial charge in [0.2, 0.25) is 0 Å². The van der Waals surface area contributed by atoms with Crippen molar-refractivity contribution in [1.82, 2.24) is 4.98 Å². The molecule has 0 unspecified atom stereocenters. The van der Waals surface area contributed by atoms with Gasteiger partial charge in [0, 0.05) is 16.1 Å². The molecule has 2 aromatic rings. The van der Waals surface area contributed by atoms with E-state index >= 15 is 0 Å². The van der Waals surface area contributed by atoms with E-state index in [1.165, 1.54) is 0 Å². The Labute approximate surface area is 93.5 Å². The number of fused-ring (bicyclic) bond motifs is 1. The molecular weight excluding hydrogens is 210 g/mol. The number of hydrogen-bond donors (Lipinski definition) is 1. The van der Waals surface area contributed by atoms with Crippen LogP contribution in [0.5, 0.6) is 0 Å². The summed E-state index contributed by atoms with van der Waals surface area (Å²) in [6.07, 6.45) is 0. The molecule has 0 aliphatic heterocycles. The van der Waals surface area contributed by atoms with Crippen molar-refractivity contribution >= 4 is 22.5 Å². The van der Waals surface area contributed by atoms with Crippen LogP contribution in [0, 0.1) is 13.8 Å². The molecular formula is C12H12ClNO. The molecule has 0 radical (unpaired) electrons. The Hall–Kier alpha value is -1.12. The summed E-state index contributed by atoms with van der Waals surface area (Å²) in [6, 6.07) is 5.65. The van der Waals surface area contributed by atoms with Gasteiger partial charge in [-0.3, -0.25) is 4.98 Å². The van der Waals surface area contributed by atoms with Crippen molar-refractivity contribution in [3.05, 3.63) is 40.0 Å². The highest BCUT2D eigenvalue weighted by Crippen LogP contribution is 2.26. The molecule has 1 heterocycles. The van der Waals surface area contributed by atoms with Gasteiger partial charge in [-0.15, -0.1) is 0 Å². The Morgan fingerprint density at radius 3 is 2.73 bits per heavy atom. The SMILES string of the molecule is Cc1cc(CO)c2ccc(Cl)c(C)c2n1. The van der Waals surface area contributed by atoms with Crippen LogP contribution < -0.4 is 0 Å². The molecule has 0 saturated carbocycles. The second kappa shape index (κ2) is 3.80. The molecule has 0 bridgehead atoms. The largest absolute Gasteiger partial charge is 0.392 e. The van der Waals surface area contributed by atoms with Gasteiger partial charge < -0.3 is 5.11 Å². The first-order chi connectivity index (χ1) is 7.13. The Bertz CT molecular complexity index is 523. The molecule has 2 rings (SSSR count). The lowest BCUT2D eigenvalue weighted by Gasteiger charge is -2.08. The second-order valence-corrected chi connectivity index (χ2v) is 4.06. The summed E-state index contributed by atoms with van der Waals surface area (Å²) in [6.45, 7) is 3.89. The number of halogens is 1. The Balaban J connectivity index is 2.89. The number of aromatic nitrogens is 1. The normalized spacial score (nSPS) is 10.9. The maximum Gasteiger partial charge on any atom is 0.0752 e. The van der Waals surface area contributed by atoms with Crippen LogP contribution in [0.15, 0.2) is 18.2 Å². The first-order valence-corrected chi connectivity index (χ1v) is 5.17. The predicted molar refractivity (Wildman–Crippen MR) is 62.1 cm³/mol. The topological polar surface area (TPSA) is 33.1 Å². The molecule has 78 valence electrons. The third kappa shape index (κ3) is 1.71. The van der Waals surface area contributed by atoms with Crippen LogP contribution in [0.3, 0.4) is 0 Å². The monoisotopic (exact) mass is 221 g/mol. The maximum atomic E-state index is 9.26. The Morgan fingerprint density at radius 2 is 2.07 bits per heavy atom. The van der Waals surface area contributed by atoms with E-state index in [1.807, 2.05) is 32.0 Å². The molecule has 1 aromatic heterocycles. The van der Waals surface area contributed by atoms with E-state index in [2.05, 4.69) is 4.98 Å². The summed E-state index contributed by atoms with van der Waals surface area (Å²) < 4.78 is 0. The van der Waals surface area contributed by atoms with E-state index in [4.69, 9.17) is 11.6 Å². The quantitative estimate of drug-likeness (QED) is 0.803. The van der Waals surface area contributed by atoms with E-state index in [-0.39, 0.29) is 6.61 Å². The van der Waals surface area contributed by atoms with Gasteiger partial charge in [-0.2, -0.15) is 0 Å². The van der Waals surface area contributed by atoms with Gasteiger partial charge in [0.15, 0.2) is 0 Å². The summed E-state index contributed by atoms with van der Waals surface area (Å²) in [4.78, 5) is 4.45. The molecule has 1 N–H and O–H groups in total. The number of pyridine rings is 1. The van der Waals surface area contributed by atoms with Gasteiger partial charge in [0.25, 0.3) is 0 Å². The third-order valence-electron chi connectivity index (χ3n) is 2.55. The van der Waals surface area contributed by atoms with Crippen LogP contribution in [-0.2, 0) is 6.61 Å². The highest BCUT2D eigenvalue weighted by Gasteiger charge is 2.07. The molecule has 15 heavy (non-hydrogen) atoms. The average Bonchev–Trinajstić information content (AvgIpc) is 2.23. The predicted octanol–water partition coefficient (Wildman–Crippen LogP) is 3.00. The molecule has 0 aliphatic rings. The minimum Gasteiger partial charge on any atom is -0.392 e. The summed E-state index contributed by atoms with van der Waals surface area (Å²) in [7, 11) is 0. The van der Waals surface area contributed by atoms with Gasteiger partial charge in [-0.25, -0.2) is 0 Å². The van der Waals surface area contributed by atoms with Crippen LogP contribution in [0.2, 0.25) is 5.02 Å². The number of aryl methyl sites for hydroxylation is 2. The van der Waals surface area contributed by atoms with Crippen molar-refractivity contribution in [1.29, 1.82) is 0 Å². The molecule has 0 amide bonds. The zero-order chi connectivity index (χ0) is 11.0. The lowest BCUT2D eigenvalue weighted by Crippen LogP contribution is -1.94. The van der Waals surface area contributed by atoms with Gasteiger partial charge in [0.1, 0.15) is 0 Å². The zero-order valence-corrected chi connectivity index (χ0v) is 9.47. The van der Waals surface area contributed by atoms with Crippen molar-refractivity contribution in [3.63, 3.8) is 0 Å². The fourth-order valence-corrected chi connectivity index (χ4v) is 1.90. The third-order valence-corrected chi connectivity index (χ3v) is 2.96. The van der Waals surface area contributed by atoms with E-state index in [1.54, 1.807) is 0 Å². The Morgan fingerprint density at radius 1 is 1.33 bits per heavy atom. The van der Waals surface area contributed by atoms with Gasteiger partial charge >= 0.3 is 0 Å². The molecule has 0 spiro atoms. The van der Waals surface area contributed by atoms with Crippen molar-refractivity contribution in [2.45, 2.75) is 20.5 Å². The molecule has 0 atom stereocenters. The highest BCUT2D eigenvalue weighted by molar-refractivity contribution is 6.32. The van der Waals surface area contributed by atoms with Crippen molar-refractivity contribution < 1.29 is 5.11 Å². The van der Waals surface area contributed by atoms with Crippen molar-refractivity contribution in [2.75, 3.05) is 0 Å². The molecule has 0 fully saturated rings. The van der Waals surface area contributed by atoms with Crippen LogP contribution in [0.1, 0.15) is 16.8 Å². The minimum absolute atomic E-state index is 0.0287. The molecule has 3 heteroatoms. The fraction of sp³-hybridized carbons (Fsp3) is 0.250. The lowest BCUT2D eigenvalue weighted by molar-refractivity contribution is 0.283. The minimum atomic E-state index is 0.0287. The second-order valence-electron chi connectivity index (χ2n) is 3.65. The molecule has 0 saturated heterocycles. The van der Waals surface area contributed by atoms with Crippen LogP contribution in [-0.4, -0.2) is 10.1 Å². The van der Waals surface area contributed by atoms with E-state index in [9.17, 15) is 5.11 Å². The first kappa shape index (κ1) is 10.4. The van der Waals surface area contributed by atoms with E-state index < -0.39 is 0 Å². The van der Waals surface area contributed by atoms with E-state index in [0.717, 1.165) is 27.7 Å². The maximum absolute atomic E-state index is 9.26. The fourth-order valence-electron chi connectivity index (χ4n) is 1.75. The van der Waals surface area contributed by atoms with E-state index in [0.29, 0.717) is 5.02 Å². The standard InChI is InChI=1S/C12H12ClNO/c1-7-5-9(6-15)10-3-4-11(13)8(2)12(10)14-7/h3-5,15H,6H2,1-2H3. The first-order valence-electron chi connectivity index (χ1n) is 4.79. The van der Waals surface area contributed by atoms with Crippen LogP contribution in [0.4, 0.5) is 0 Å². The summed E-state index contributed by atoms with van der Waals surface area (Å²) >= 11 is 6.03. The average molecular weight is 222 g/mol. The zero-order valence-electron chi connectivity index (χ0n) is 8.71. The van der Waals surface area contributed by atoms with Gasteiger partial charge in [-0.1, -0.05) is 17.7 Å². The van der Waals surface area contributed by atoms with Gasteiger partial charge in [-0.05, 0) is 37.1 Å². The van der Waals surface area contributed by atoms with Gasteiger partial charge in [0.05, 0.1) is 12.1 Å². The van der Waals surface area contributed by atoms with Crippen LogP contribution in [0.25, 0.3) is 10.9 Å². The number of nitrogens with zero attached hydrogens (tertiary/aromatic N) is 1.